The van der Waals surface area contributed by atoms with Crippen molar-refractivity contribution in [2.75, 3.05) is 53.0 Å². The monoisotopic (exact) mass is 427 g/mol. The third kappa shape index (κ3) is 7.51. The molecule has 1 aliphatic heterocycles. The Balaban J connectivity index is 1.44. The van der Waals surface area contributed by atoms with Gasteiger partial charge in [0, 0.05) is 45.8 Å². The van der Waals surface area contributed by atoms with Crippen molar-refractivity contribution in [3.63, 3.8) is 0 Å². The fourth-order valence-electron chi connectivity index (χ4n) is 3.94. The maximum Gasteiger partial charge on any atom is 0.161 e. The third-order valence-corrected chi connectivity index (χ3v) is 5.78. The summed E-state index contributed by atoms with van der Waals surface area (Å²) < 4.78 is 11.4. The molecule has 0 saturated carbocycles. The van der Waals surface area contributed by atoms with Gasteiger partial charge in [0.2, 0.25) is 0 Å². The number of nitrogens with zero attached hydrogens (tertiary/aromatic N) is 2. The van der Waals surface area contributed by atoms with Crippen LogP contribution in [0, 0.1) is 6.92 Å². The predicted octanol–water partition coefficient (Wildman–Crippen LogP) is 2.67. The van der Waals surface area contributed by atoms with Crippen LogP contribution in [0.25, 0.3) is 0 Å². The van der Waals surface area contributed by atoms with Crippen molar-refractivity contribution in [3.8, 4) is 11.5 Å². The number of aliphatic hydroxyl groups excluding tert-OH is 1. The van der Waals surface area contributed by atoms with Gasteiger partial charge in [-0.3, -0.25) is 4.90 Å². The molecule has 0 amide bonds. The van der Waals surface area contributed by atoms with Gasteiger partial charge >= 0.3 is 0 Å². The van der Waals surface area contributed by atoms with Crippen molar-refractivity contribution >= 4 is 0 Å². The van der Waals surface area contributed by atoms with Gasteiger partial charge in [-0.15, -0.1) is 0 Å². The van der Waals surface area contributed by atoms with Gasteiger partial charge in [0.25, 0.3) is 0 Å². The SMILES string of the molecule is CCN1CCN(CC(O)COc2ccc(CNCc3cccc(C)c3)cc2OC)CC1. The fraction of sp³-hybridized carbons (Fsp3) is 0.520. The molecule has 6 nitrogen and oxygen atoms in total. The largest absolute Gasteiger partial charge is 0.493 e. The van der Waals surface area contributed by atoms with Crippen LogP contribution in [0.5, 0.6) is 11.5 Å². The summed E-state index contributed by atoms with van der Waals surface area (Å²) in [6, 6.07) is 14.5. The molecule has 6 heteroatoms. The van der Waals surface area contributed by atoms with Crippen molar-refractivity contribution in [2.45, 2.75) is 33.0 Å². The Bertz CT molecular complexity index is 806. The minimum Gasteiger partial charge on any atom is -0.493 e. The van der Waals surface area contributed by atoms with Crippen molar-refractivity contribution in [1.29, 1.82) is 0 Å². The number of β-amino-alcohol motifs (C(OH)–C–C–N with tert-alkyl or cyclic N) is 1. The van der Waals surface area contributed by atoms with Crippen LogP contribution >= 0.6 is 0 Å². The second kappa shape index (κ2) is 12.1. The number of hydrogen-bond donors (Lipinski definition) is 2. The van der Waals surface area contributed by atoms with Crippen molar-refractivity contribution in [3.05, 3.63) is 59.2 Å². The quantitative estimate of drug-likeness (QED) is 0.575. The first-order valence-electron chi connectivity index (χ1n) is 11.3. The Morgan fingerprint density at radius 2 is 1.68 bits per heavy atom. The van der Waals surface area contributed by atoms with Crippen molar-refractivity contribution < 1.29 is 14.6 Å². The average molecular weight is 428 g/mol. The number of piperazine rings is 1. The van der Waals surface area contributed by atoms with E-state index in [9.17, 15) is 5.11 Å². The van der Waals surface area contributed by atoms with Gasteiger partial charge in [-0.05, 0) is 36.7 Å². The molecule has 3 rings (SSSR count). The molecule has 1 atom stereocenters. The molecule has 31 heavy (non-hydrogen) atoms. The van der Waals surface area contributed by atoms with Crippen LogP contribution < -0.4 is 14.8 Å². The summed E-state index contributed by atoms with van der Waals surface area (Å²) in [5.74, 6) is 1.36. The second-order valence-corrected chi connectivity index (χ2v) is 8.28. The minimum absolute atomic E-state index is 0.259. The molecule has 0 radical (unpaired) electrons. The first kappa shape index (κ1) is 23.5. The first-order valence-corrected chi connectivity index (χ1v) is 11.3. The normalized spacial score (nSPS) is 16.3. The topological polar surface area (TPSA) is 57.2 Å². The predicted molar refractivity (Wildman–Crippen MR) is 125 cm³/mol. The van der Waals surface area contributed by atoms with Crippen LogP contribution in [0.3, 0.4) is 0 Å². The zero-order valence-electron chi connectivity index (χ0n) is 19.1. The van der Waals surface area contributed by atoms with Gasteiger partial charge in [0.15, 0.2) is 11.5 Å². The molecule has 0 bridgehead atoms. The van der Waals surface area contributed by atoms with E-state index in [4.69, 9.17) is 9.47 Å². The van der Waals surface area contributed by atoms with Crippen LogP contribution in [0.15, 0.2) is 42.5 Å². The van der Waals surface area contributed by atoms with E-state index in [-0.39, 0.29) is 6.61 Å². The van der Waals surface area contributed by atoms with E-state index in [1.54, 1.807) is 7.11 Å². The van der Waals surface area contributed by atoms with Crippen molar-refractivity contribution in [2.24, 2.45) is 0 Å². The molecule has 0 spiro atoms. The van der Waals surface area contributed by atoms with Crippen LogP contribution in [0.4, 0.5) is 0 Å². The Kier molecular flexibility index (Phi) is 9.15. The second-order valence-electron chi connectivity index (χ2n) is 8.28. The number of nitrogens with one attached hydrogen (secondary N) is 1. The molecule has 170 valence electrons. The summed E-state index contributed by atoms with van der Waals surface area (Å²) in [6.07, 6.45) is -0.520. The highest BCUT2D eigenvalue weighted by atomic mass is 16.5. The zero-order valence-corrected chi connectivity index (χ0v) is 19.1. The van der Waals surface area contributed by atoms with Crippen LogP contribution in [0.2, 0.25) is 0 Å². The lowest BCUT2D eigenvalue weighted by Crippen LogP contribution is -2.49. The molecule has 1 saturated heterocycles. The molecular formula is C25H37N3O3. The Morgan fingerprint density at radius 3 is 2.35 bits per heavy atom. The van der Waals surface area contributed by atoms with Gasteiger partial charge in [0.1, 0.15) is 12.7 Å². The molecule has 2 aromatic carbocycles. The number of rotatable bonds is 11. The number of likely N-dealkylation sites (N-methyl/N-ethyl adjacent to an activating group) is 1. The lowest BCUT2D eigenvalue weighted by Gasteiger charge is -2.34. The molecule has 1 heterocycles. The molecule has 0 aliphatic carbocycles. The number of methoxy groups -OCH3 is 1. The summed E-state index contributed by atoms with van der Waals surface area (Å²) in [7, 11) is 1.65. The van der Waals surface area contributed by atoms with Crippen LogP contribution in [0.1, 0.15) is 23.6 Å². The third-order valence-electron chi connectivity index (χ3n) is 5.78. The first-order chi connectivity index (χ1) is 15.1. The van der Waals surface area contributed by atoms with Crippen LogP contribution in [-0.2, 0) is 13.1 Å². The smallest absolute Gasteiger partial charge is 0.161 e. The van der Waals surface area contributed by atoms with E-state index >= 15 is 0 Å². The van der Waals surface area contributed by atoms with E-state index in [1.807, 2.05) is 18.2 Å². The molecule has 1 fully saturated rings. The number of aliphatic hydroxyl groups is 1. The van der Waals surface area contributed by atoms with E-state index in [2.05, 4.69) is 53.2 Å². The molecule has 1 unspecified atom stereocenters. The van der Waals surface area contributed by atoms with Gasteiger partial charge in [0.05, 0.1) is 7.11 Å². The summed E-state index contributed by atoms with van der Waals surface area (Å²) in [5, 5.41) is 13.9. The van der Waals surface area contributed by atoms with E-state index in [0.717, 1.165) is 51.4 Å². The van der Waals surface area contributed by atoms with Crippen molar-refractivity contribution in [1.82, 2.24) is 15.1 Å². The molecule has 2 aromatic rings. The minimum atomic E-state index is -0.520. The fourth-order valence-corrected chi connectivity index (χ4v) is 3.94. The average Bonchev–Trinajstić information content (AvgIpc) is 2.78. The molecule has 0 aromatic heterocycles. The van der Waals surface area contributed by atoms with Crippen LogP contribution in [-0.4, -0.2) is 74.0 Å². The zero-order chi connectivity index (χ0) is 22.1. The maximum atomic E-state index is 10.4. The molecule has 2 N–H and O–H groups in total. The lowest BCUT2D eigenvalue weighted by atomic mass is 10.1. The Labute approximate surface area is 186 Å². The Morgan fingerprint density at radius 1 is 0.968 bits per heavy atom. The molecule has 1 aliphatic rings. The van der Waals surface area contributed by atoms with E-state index in [1.165, 1.54) is 11.1 Å². The van der Waals surface area contributed by atoms with Gasteiger partial charge < -0.3 is 24.8 Å². The highest BCUT2D eigenvalue weighted by Crippen LogP contribution is 2.28. The highest BCUT2D eigenvalue weighted by molar-refractivity contribution is 5.43. The summed E-state index contributed by atoms with van der Waals surface area (Å²) >= 11 is 0. The number of aryl methyl sites for hydroxylation is 1. The number of benzene rings is 2. The maximum absolute atomic E-state index is 10.4. The standard InChI is InChI=1S/C25H37N3O3/c1-4-27-10-12-28(13-11-27)18-23(29)19-31-24-9-8-22(15-25(24)30-3)17-26-16-21-7-5-6-20(2)14-21/h5-9,14-15,23,26,29H,4,10-13,16-19H2,1-3H3. The van der Waals surface area contributed by atoms with Gasteiger partial charge in [-0.25, -0.2) is 0 Å². The lowest BCUT2D eigenvalue weighted by molar-refractivity contribution is 0.0464. The summed E-state index contributed by atoms with van der Waals surface area (Å²) in [4.78, 5) is 4.74. The number of hydrogen-bond acceptors (Lipinski definition) is 6. The van der Waals surface area contributed by atoms with E-state index in [0.29, 0.717) is 18.0 Å². The van der Waals surface area contributed by atoms with Gasteiger partial charge in [-0.2, -0.15) is 0 Å². The number of ether oxygens (including phenoxy) is 2. The summed E-state index contributed by atoms with van der Waals surface area (Å²) in [6.45, 7) is 12.0. The summed E-state index contributed by atoms with van der Waals surface area (Å²) in [5.41, 5.74) is 3.68. The van der Waals surface area contributed by atoms with Gasteiger partial charge in [-0.1, -0.05) is 42.8 Å². The highest BCUT2D eigenvalue weighted by Gasteiger charge is 2.19. The molecular weight excluding hydrogens is 390 g/mol. The van der Waals surface area contributed by atoms with E-state index < -0.39 is 6.10 Å². The Hall–Kier alpha value is -2.12.